The molecule has 0 saturated carbocycles. The fourth-order valence-electron chi connectivity index (χ4n) is 1.39. The summed E-state index contributed by atoms with van der Waals surface area (Å²) in [7, 11) is 0. The zero-order chi connectivity index (χ0) is 12.1. The van der Waals surface area contributed by atoms with Crippen molar-refractivity contribution in [3.8, 4) is 0 Å². The Kier molecular flexibility index (Phi) is 11.6. The Hall–Kier alpha value is -0.830. The van der Waals surface area contributed by atoms with Gasteiger partial charge in [-0.05, 0) is 19.8 Å². The molecule has 0 aromatic carbocycles. The summed E-state index contributed by atoms with van der Waals surface area (Å²) in [5.41, 5.74) is 0. The van der Waals surface area contributed by atoms with Crippen molar-refractivity contribution >= 4 is 5.97 Å². The van der Waals surface area contributed by atoms with E-state index in [-0.39, 0.29) is 5.97 Å². The van der Waals surface area contributed by atoms with Crippen LogP contribution in [0.15, 0.2) is 12.7 Å². The van der Waals surface area contributed by atoms with Crippen LogP contribution in [-0.4, -0.2) is 25.8 Å². The molecule has 0 rings (SSSR count). The van der Waals surface area contributed by atoms with Gasteiger partial charge < -0.3 is 9.47 Å². The molecule has 3 nitrogen and oxygen atoms in total. The lowest BCUT2D eigenvalue weighted by molar-refractivity contribution is -0.137. The van der Waals surface area contributed by atoms with E-state index in [1.54, 1.807) is 0 Å². The molecule has 0 unspecified atom stereocenters. The van der Waals surface area contributed by atoms with Crippen LogP contribution >= 0.6 is 0 Å². The maximum absolute atomic E-state index is 10.7. The van der Waals surface area contributed by atoms with Crippen molar-refractivity contribution in [2.24, 2.45) is 0 Å². The van der Waals surface area contributed by atoms with E-state index in [9.17, 15) is 4.79 Å². The van der Waals surface area contributed by atoms with Crippen LogP contribution in [0.5, 0.6) is 0 Å². The first kappa shape index (κ1) is 15.2. The average molecular weight is 228 g/mol. The molecule has 0 N–H and O–H groups in total. The molecule has 0 aromatic heterocycles. The molecule has 0 spiro atoms. The van der Waals surface area contributed by atoms with Crippen LogP contribution in [0.4, 0.5) is 0 Å². The van der Waals surface area contributed by atoms with Gasteiger partial charge in [-0.1, -0.05) is 32.3 Å². The predicted molar refractivity (Wildman–Crippen MR) is 65.4 cm³/mol. The molecule has 0 atom stereocenters. The topological polar surface area (TPSA) is 35.5 Å². The number of carbonyl (C=O) groups excluding carboxylic acids is 1. The van der Waals surface area contributed by atoms with Crippen molar-refractivity contribution in [1.82, 2.24) is 0 Å². The molecule has 0 saturated heterocycles. The fourth-order valence-corrected chi connectivity index (χ4v) is 1.39. The Bertz CT molecular complexity index is 178. The van der Waals surface area contributed by atoms with Crippen molar-refractivity contribution in [2.75, 3.05) is 19.8 Å². The third kappa shape index (κ3) is 11.2. The molecule has 0 amide bonds. The lowest BCUT2D eigenvalue weighted by Crippen LogP contribution is -2.01. The quantitative estimate of drug-likeness (QED) is 0.310. The summed E-state index contributed by atoms with van der Waals surface area (Å²) in [6.07, 6.45) is 8.10. The van der Waals surface area contributed by atoms with Gasteiger partial charge in [-0.15, -0.1) is 0 Å². The smallest absolute Gasteiger partial charge is 0.330 e. The Morgan fingerprint density at radius 1 is 1.06 bits per heavy atom. The van der Waals surface area contributed by atoms with E-state index in [2.05, 4.69) is 6.58 Å². The maximum Gasteiger partial charge on any atom is 0.330 e. The second-order valence-electron chi connectivity index (χ2n) is 3.69. The number of hydrogen-bond acceptors (Lipinski definition) is 3. The van der Waals surface area contributed by atoms with E-state index in [1.165, 1.54) is 25.3 Å². The van der Waals surface area contributed by atoms with Crippen LogP contribution < -0.4 is 0 Å². The Morgan fingerprint density at radius 3 is 2.19 bits per heavy atom. The minimum atomic E-state index is -0.322. The van der Waals surface area contributed by atoms with Gasteiger partial charge in [0.25, 0.3) is 0 Å². The minimum Gasteiger partial charge on any atom is -0.463 e. The highest BCUT2D eigenvalue weighted by atomic mass is 16.5. The van der Waals surface area contributed by atoms with Crippen LogP contribution in [0.25, 0.3) is 0 Å². The zero-order valence-corrected chi connectivity index (χ0v) is 10.4. The van der Waals surface area contributed by atoms with Crippen LogP contribution in [0.1, 0.15) is 45.4 Å². The number of carbonyl (C=O) groups is 1. The number of esters is 1. The predicted octanol–water partition coefficient (Wildman–Crippen LogP) is 3.09. The van der Waals surface area contributed by atoms with Gasteiger partial charge in [0.1, 0.15) is 0 Å². The molecule has 0 aliphatic heterocycles. The number of unbranched alkanes of at least 4 members (excludes halogenated alkanes) is 5. The number of rotatable bonds is 11. The lowest BCUT2D eigenvalue weighted by atomic mass is 10.1. The first-order chi connectivity index (χ1) is 7.81. The van der Waals surface area contributed by atoms with E-state index in [4.69, 9.17) is 9.47 Å². The SMILES string of the molecule is C=CC(=O)OCCCCCCCCOCC. The van der Waals surface area contributed by atoms with Crippen LogP contribution in [0, 0.1) is 0 Å². The maximum atomic E-state index is 10.7. The van der Waals surface area contributed by atoms with Gasteiger partial charge in [-0.3, -0.25) is 0 Å². The van der Waals surface area contributed by atoms with Gasteiger partial charge in [-0.2, -0.15) is 0 Å². The van der Waals surface area contributed by atoms with Gasteiger partial charge in [0, 0.05) is 19.3 Å². The van der Waals surface area contributed by atoms with E-state index < -0.39 is 0 Å². The van der Waals surface area contributed by atoms with E-state index >= 15 is 0 Å². The second-order valence-corrected chi connectivity index (χ2v) is 3.69. The zero-order valence-electron chi connectivity index (χ0n) is 10.4. The van der Waals surface area contributed by atoms with Crippen LogP contribution in [0.2, 0.25) is 0 Å². The van der Waals surface area contributed by atoms with E-state index in [1.807, 2.05) is 6.92 Å². The molecule has 94 valence electrons. The van der Waals surface area contributed by atoms with Gasteiger partial charge in [0.2, 0.25) is 0 Å². The largest absolute Gasteiger partial charge is 0.463 e. The molecular formula is C13H24O3. The average Bonchev–Trinajstić information content (AvgIpc) is 2.31. The summed E-state index contributed by atoms with van der Waals surface area (Å²) in [5, 5.41) is 0. The Labute approximate surface area is 98.8 Å². The third-order valence-corrected chi connectivity index (χ3v) is 2.30. The van der Waals surface area contributed by atoms with Gasteiger partial charge in [0.05, 0.1) is 6.61 Å². The van der Waals surface area contributed by atoms with Crippen molar-refractivity contribution in [2.45, 2.75) is 45.4 Å². The van der Waals surface area contributed by atoms with Crippen LogP contribution in [0.3, 0.4) is 0 Å². The molecular weight excluding hydrogens is 204 g/mol. The third-order valence-electron chi connectivity index (χ3n) is 2.30. The normalized spacial score (nSPS) is 10.1. The summed E-state index contributed by atoms with van der Waals surface area (Å²) in [6, 6.07) is 0. The minimum absolute atomic E-state index is 0.322. The fraction of sp³-hybridized carbons (Fsp3) is 0.769. The van der Waals surface area contributed by atoms with Crippen molar-refractivity contribution in [3.63, 3.8) is 0 Å². The summed E-state index contributed by atoms with van der Waals surface area (Å²) < 4.78 is 10.1. The van der Waals surface area contributed by atoms with Crippen LogP contribution in [-0.2, 0) is 14.3 Å². The molecule has 0 radical (unpaired) electrons. The highest BCUT2D eigenvalue weighted by Crippen LogP contribution is 2.05. The summed E-state index contributed by atoms with van der Waals surface area (Å²) in [6.45, 7) is 7.57. The molecule has 0 heterocycles. The first-order valence-corrected chi connectivity index (χ1v) is 6.18. The molecule has 0 aliphatic rings. The molecule has 0 bridgehead atoms. The van der Waals surface area contributed by atoms with Crippen molar-refractivity contribution in [1.29, 1.82) is 0 Å². The summed E-state index contributed by atoms with van der Waals surface area (Å²) >= 11 is 0. The Balaban J connectivity index is 2.98. The monoisotopic (exact) mass is 228 g/mol. The standard InChI is InChI=1S/C13H24O3/c1-3-13(14)16-12-10-8-6-5-7-9-11-15-4-2/h3H,1,4-12H2,2H3. The van der Waals surface area contributed by atoms with E-state index in [0.717, 1.165) is 32.5 Å². The molecule has 3 heteroatoms. The Morgan fingerprint density at radius 2 is 1.62 bits per heavy atom. The number of hydrogen-bond donors (Lipinski definition) is 0. The number of ether oxygens (including phenoxy) is 2. The summed E-state index contributed by atoms with van der Waals surface area (Å²) in [4.78, 5) is 10.7. The highest BCUT2D eigenvalue weighted by molar-refractivity contribution is 5.81. The molecule has 0 fully saturated rings. The van der Waals surface area contributed by atoms with Crippen molar-refractivity contribution in [3.05, 3.63) is 12.7 Å². The molecule has 0 aliphatic carbocycles. The molecule has 16 heavy (non-hydrogen) atoms. The van der Waals surface area contributed by atoms with Gasteiger partial charge in [-0.25, -0.2) is 4.79 Å². The summed E-state index contributed by atoms with van der Waals surface area (Å²) in [5.74, 6) is -0.322. The second kappa shape index (κ2) is 12.2. The van der Waals surface area contributed by atoms with Crippen molar-refractivity contribution < 1.29 is 14.3 Å². The lowest BCUT2D eigenvalue weighted by Gasteiger charge is -2.03. The highest BCUT2D eigenvalue weighted by Gasteiger charge is 1.95. The van der Waals surface area contributed by atoms with Gasteiger partial charge in [0.15, 0.2) is 0 Å². The van der Waals surface area contributed by atoms with Gasteiger partial charge >= 0.3 is 5.97 Å². The first-order valence-electron chi connectivity index (χ1n) is 6.18. The van der Waals surface area contributed by atoms with E-state index in [0.29, 0.717) is 6.61 Å². The molecule has 0 aromatic rings.